The second-order valence-electron chi connectivity index (χ2n) is 6.75. The van der Waals surface area contributed by atoms with Crippen LogP contribution in [0.2, 0.25) is 0 Å². The van der Waals surface area contributed by atoms with Crippen molar-refractivity contribution in [3.63, 3.8) is 0 Å². The summed E-state index contributed by atoms with van der Waals surface area (Å²) < 4.78 is 17.8. The van der Waals surface area contributed by atoms with Crippen molar-refractivity contribution < 1.29 is 14.2 Å². The highest BCUT2D eigenvalue weighted by Gasteiger charge is 2.23. The van der Waals surface area contributed by atoms with E-state index in [1.807, 2.05) is 12.1 Å². The summed E-state index contributed by atoms with van der Waals surface area (Å²) in [6, 6.07) is 8.29. The molecule has 0 bridgehead atoms. The van der Waals surface area contributed by atoms with E-state index in [-0.39, 0.29) is 12.2 Å². The molecule has 24 heavy (non-hydrogen) atoms. The minimum atomic E-state index is 0.0611. The highest BCUT2D eigenvalue weighted by molar-refractivity contribution is 5.28. The Morgan fingerprint density at radius 1 is 0.875 bits per heavy atom. The van der Waals surface area contributed by atoms with Gasteiger partial charge in [-0.25, -0.2) is 0 Å². The maximum Gasteiger partial charge on any atom is 0.119 e. The van der Waals surface area contributed by atoms with Crippen molar-refractivity contribution in [1.29, 1.82) is 0 Å². The lowest BCUT2D eigenvalue weighted by atomic mass is 10.1. The third kappa shape index (κ3) is 6.82. The second kappa shape index (κ2) is 11.5. The molecule has 1 aromatic carbocycles. The van der Waals surface area contributed by atoms with Crippen LogP contribution in [-0.4, -0.2) is 25.9 Å². The molecular weight excluding hydrogens is 300 g/mol. The van der Waals surface area contributed by atoms with Gasteiger partial charge in [-0.05, 0) is 30.5 Å². The number of unbranched alkanes of at least 4 members (excludes halogenated alkanes) is 5. The van der Waals surface area contributed by atoms with E-state index in [0.717, 1.165) is 25.2 Å². The van der Waals surface area contributed by atoms with E-state index in [9.17, 15) is 0 Å². The lowest BCUT2D eigenvalue weighted by molar-refractivity contribution is -0.137. The molecule has 0 N–H and O–H groups in total. The summed E-state index contributed by atoms with van der Waals surface area (Å²) in [5, 5.41) is 0. The zero-order valence-electron chi connectivity index (χ0n) is 15.5. The van der Waals surface area contributed by atoms with Crippen LogP contribution in [0.3, 0.4) is 0 Å². The van der Waals surface area contributed by atoms with E-state index in [4.69, 9.17) is 14.2 Å². The number of hydrogen-bond donors (Lipinski definition) is 0. The van der Waals surface area contributed by atoms with Crippen molar-refractivity contribution in [2.24, 2.45) is 0 Å². The van der Waals surface area contributed by atoms with Gasteiger partial charge in [-0.3, -0.25) is 0 Å². The topological polar surface area (TPSA) is 27.7 Å². The van der Waals surface area contributed by atoms with Crippen LogP contribution in [0, 0.1) is 0 Å². The van der Waals surface area contributed by atoms with E-state index in [2.05, 4.69) is 26.0 Å². The van der Waals surface area contributed by atoms with E-state index in [1.54, 1.807) is 0 Å². The fraction of sp³-hybridized carbons (Fsp3) is 0.714. The van der Waals surface area contributed by atoms with Crippen LogP contribution in [0.4, 0.5) is 0 Å². The molecule has 1 fully saturated rings. The first-order valence-corrected chi connectivity index (χ1v) is 9.79. The van der Waals surface area contributed by atoms with Gasteiger partial charge in [0.1, 0.15) is 11.9 Å². The Hall–Kier alpha value is -1.06. The molecule has 1 saturated heterocycles. The summed E-state index contributed by atoms with van der Waals surface area (Å²) >= 11 is 0. The van der Waals surface area contributed by atoms with Crippen LogP contribution < -0.4 is 4.74 Å². The fourth-order valence-corrected chi connectivity index (χ4v) is 3.02. The van der Waals surface area contributed by atoms with Gasteiger partial charge in [-0.15, -0.1) is 0 Å². The molecule has 1 aromatic rings. The summed E-state index contributed by atoms with van der Waals surface area (Å²) in [7, 11) is 0. The Labute approximate surface area is 147 Å². The van der Waals surface area contributed by atoms with Gasteiger partial charge in [0.15, 0.2) is 0 Å². The van der Waals surface area contributed by atoms with Crippen molar-refractivity contribution in [2.45, 2.75) is 77.4 Å². The SMILES string of the molecule is CCCCCC[C@@H]1CO[C@@H](c2ccc(OCCCCC)cc2)CO1. The minimum Gasteiger partial charge on any atom is -0.494 e. The van der Waals surface area contributed by atoms with Gasteiger partial charge < -0.3 is 14.2 Å². The van der Waals surface area contributed by atoms with Crippen molar-refractivity contribution in [3.8, 4) is 5.75 Å². The van der Waals surface area contributed by atoms with Gasteiger partial charge in [-0.2, -0.15) is 0 Å². The number of rotatable bonds is 11. The first kappa shape index (κ1) is 19.3. The van der Waals surface area contributed by atoms with E-state index >= 15 is 0 Å². The largest absolute Gasteiger partial charge is 0.494 e. The van der Waals surface area contributed by atoms with Crippen LogP contribution in [-0.2, 0) is 9.47 Å². The highest BCUT2D eigenvalue weighted by atomic mass is 16.6. The number of benzene rings is 1. The van der Waals surface area contributed by atoms with Crippen LogP contribution in [0.25, 0.3) is 0 Å². The zero-order chi connectivity index (χ0) is 17.0. The van der Waals surface area contributed by atoms with E-state index < -0.39 is 0 Å². The molecule has 136 valence electrons. The van der Waals surface area contributed by atoms with Crippen molar-refractivity contribution >= 4 is 0 Å². The molecule has 0 unspecified atom stereocenters. The van der Waals surface area contributed by atoms with Crippen LogP contribution in [0.5, 0.6) is 5.75 Å². The molecule has 1 heterocycles. The standard InChI is InChI=1S/C21H34O3/c1-3-5-7-8-10-20-16-24-21(17-23-20)18-11-13-19(14-12-18)22-15-9-6-4-2/h11-14,20-21H,3-10,15-17H2,1-2H3/t20-,21-/m1/s1. The first-order chi connectivity index (χ1) is 11.8. The molecule has 0 aromatic heterocycles. The molecule has 2 atom stereocenters. The smallest absolute Gasteiger partial charge is 0.119 e. The predicted octanol–water partition coefficient (Wildman–Crippen LogP) is 5.68. The molecule has 0 saturated carbocycles. The van der Waals surface area contributed by atoms with Gasteiger partial charge in [0.2, 0.25) is 0 Å². The summed E-state index contributed by atoms with van der Waals surface area (Å²) in [5.74, 6) is 0.945. The molecule has 1 aliphatic rings. The average molecular weight is 335 g/mol. The second-order valence-corrected chi connectivity index (χ2v) is 6.75. The van der Waals surface area contributed by atoms with Crippen LogP contribution in [0.1, 0.15) is 76.9 Å². The Morgan fingerprint density at radius 2 is 1.62 bits per heavy atom. The van der Waals surface area contributed by atoms with E-state index in [1.165, 1.54) is 44.1 Å². The number of ether oxygens (including phenoxy) is 3. The molecule has 3 heteroatoms. The Kier molecular flexibility index (Phi) is 9.22. The van der Waals surface area contributed by atoms with Gasteiger partial charge in [-0.1, -0.05) is 64.5 Å². The Bertz CT molecular complexity index is 421. The monoisotopic (exact) mass is 334 g/mol. The normalized spacial score (nSPS) is 20.9. The minimum absolute atomic E-state index is 0.0611. The van der Waals surface area contributed by atoms with Crippen LogP contribution in [0.15, 0.2) is 24.3 Å². The summed E-state index contributed by atoms with van der Waals surface area (Å²) in [4.78, 5) is 0. The Balaban J connectivity index is 1.68. The van der Waals surface area contributed by atoms with E-state index in [0.29, 0.717) is 13.2 Å². The number of hydrogen-bond acceptors (Lipinski definition) is 3. The Morgan fingerprint density at radius 3 is 2.29 bits per heavy atom. The highest BCUT2D eigenvalue weighted by Crippen LogP contribution is 2.26. The third-order valence-corrected chi connectivity index (χ3v) is 4.61. The third-order valence-electron chi connectivity index (χ3n) is 4.61. The average Bonchev–Trinajstić information content (AvgIpc) is 2.64. The van der Waals surface area contributed by atoms with Gasteiger partial charge in [0, 0.05) is 0 Å². The summed E-state index contributed by atoms with van der Waals surface area (Å²) in [5.41, 5.74) is 1.18. The van der Waals surface area contributed by atoms with Gasteiger partial charge >= 0.3 is 0 Å². The molecule has 3 nitrogen and oxygen atoms in total. The van der Waals surface area contributed by atoms with Crippen molar-refractivity contribution in [2.75, 3.05) is 19.8 Å². The molecule has 0 amide bonds. The molecule has 1 aliphatic heterocycles. The lowest BCUT2D eigenvalue weighted by Crippen LogP contribution is -2.31. The van der Waals surface area contributed by atoms with Crippen molar-refractivity contribution in [3.05, 3.63) is 29.8 Å². The predicted molar refractivity (Wildman–Crippen MR) is 98.7 cm³/mol. The molecule has 0 aliphatic carbocycles. The summed E-state index contributed by atoms with van der Waals surface area (Å²) in [6.45, 7) is 6.63. The molecule has 0 radical (unpaired) electrons. The molecule has 0 spiro atoms. The maximum atomic E-state index is 6.02. The molecule has 2 rings (SSSR count). The van der Waals surface area contributed by atoms with Crippen LogP contribution >= 0.6 is 0 Å². The molecular formula is C21H34O3. The first-order valence-electron chi connectivity index (χ1n) is 9.79. The lowest BCUT2D eigenvalue weighted by Gasteiger charge is -2.30. The summed E-state index contributed by atoms with van der Waals surface area (Å²) in [6.07, 6.45) is 10.2. The quantitative estimate of drug-likeness (QED) is 0.487. The zero-order valence-corrected chi connectivity index (χ0v) is 15.5. The van der Waals surface area contributed by atoms with Gasteiger partial charge in [0.05, 0.1) is 25.9 Å². The van der Waals surface area contributed by atoms with Gasteiger partial charge in [0.25, 0.3) is 0 Å². The fourth-order valence-electron chi connectivity index (χ4n) is 3.02. The van der Waals surface area contributed by atoms with Crippen molar-refractivity contribution in [1.82, 2.24) is 0 Å². The maximum absolute atomic E-state index is 6.02.